The predicted molar refractivity (Wildman–Crippen MR) is 74.8 cm³/mol. The number of hydrogen-bond acceptors (Lipinski definition) is 3. The third-order valence-corrected chi connectivity index (χ3v) is 3.06. The number of methoxy groups -OCH3 is 1. The summed E-state index contributed by atoms with van der Waals surface area (Å²) in [5.41, 5.74) is 6.08. The highest BCUT2D eigenvalue weighted by molar-refractivity contribution is 5.95. The Morgan fingerprint density at radius 2 is 2.16 bits per heavy atom. The molecule has 5 heteroatoms. The van der Waals surface area contributed by atoms with E-state index in [1.54, 1.807) is 19.2 Å². The number of halogens is 1. The number of amidine groups is 1. The lowest BCUT2D eigenvalue weighted by molar-refractivity contribution is 0.124. The molecule has 0 saturated heterocycles. The first-order valence-corrected chi connectivity index (χ1v) is 6.32. The molecule has 0 bridgehead atoms. The molecule has 0 radical (unpaired) electrons. The van der Waals surface area contributed by atoms with Crippen LogP contribution in [0.4, 0.5) is 4.39 Å². The molecule has 19 heavy (non-hydrogen) atoms. The van der Waals surface area contributed by atoms with E-state index in [1.807, 2.05) is 0 Å². The normalized spacial score (nSPS) is 11.3. The summed E-state index contributed by atoms with van der Waals surface area (Å²) in [6, 6.07) is 5.26. The number of nitrogens with zero attached hydrogens (tertiary/aromatic N) is 1. The molecule has 0 atom stereocenters. The van der Waals surface area contributed by atoms with Crippen molar-refractivity contribution in [3.8, 4) is 0 Å². The maximum atomic E-state index is 14.2. The van der Waals surface area contributed by atoms with Gasteiger partial charge in [0.1, 0.15) is 11.7 Å². The molecule has 106 valence electrons. The molecule has 0 aliphatic carbocycles. The molecule has 0 spiro atoms. The second-order valence-electron chi connectivity index (χ2n) is 4.75. The van der Waals surface area contributed by atoms with Crippen LogP contribution in [0.5, 0.6) is 0 Å². The molecule has 0 aliphatic rings. The fourth-order valence-corrected chi connectivity index (χ4v) is 1.86. The Balaban J connectivity index is 2.90. The van der Waals surface area contributed by atoms with Crippen molar-refractivity contribution < 1.29 is 9.13 Å². The van der Waals surface area contributed by atoms with Crippen LogP contribution in [0.2, 0.25) is 0 Å². The largest absolute Gasteiger partial charge is 0.384 e. The van der Waals surface area contributed by atoms with E-state index >= 15 is 0 Å². The molecule has 3 N–H and O–H groups in total. The lowest BCUT2D eigenvalue weighted by Crippen LogP contribution is -2.33. The number of nitrogen functional groups attached to an aromatic ring is 1. The zero-order chi connectivity index (χ0) is 14.4. The van der Waals surface area contributed by atoms with Crippen molar-refractivity contribution in [2.24, 2.45) is 5.73 Å². The number of ether oxygens (including phenoxy) is 1. The number of nitrogens with two attached hydrogens (primary N) is 1. The van der Waals surface area contributed by atoms with Gasteiger partial charge in [-0.2, -0.15) is 0 Å². The van der Waals surface area contributed by atoms with Crippen molar-refractivity contribution in [2.45, 2.75) is 26.4 Å². The highest BCUT2D eigenvalue weighted by atomic mass is 19.1. The van der Waals surface area contributed by atoms with Crippen LogP contribution in [0.25, 0.3) is 0 Å². The molecule has 1 aromatic rings. The Bertz CT molecular complexity index is 435. The lowest BCUT2D eigenvalue weighted by Gasteiger charge is -2.26. The molecule has 0 unspecified atom stereocenters. The Morgan fingerprint density at radius 1 is 1.47 bits per heavy atom. The zero-order valence-electron chi connectivity index (χ0n) is 11.7. The second-order valence-corrected chi connectivity index (χ2v) is 4.75. The number of nitrogens with one attached hydrogen (secondary N) is 1. The van der Waals surface area contributed by atoms with E-state index in [4.69, 9.17) is 15.9 Å². The van der Waals surface area contributed by atoms with Gasteiger partial charge in [0.05, 0.1) is 12.2 Å². The number of rotatable bonds is 7. The van der Waals surface area contributed by atoms with Crippen molar-refractivity contribution in [3.63, 3.8) is 0 Å². The van der Waals surface area contributed by atoms with Crippen LogP contribution < -0.4 is 5.73 Å². The van der Waals surface area contributed by atoms with Crippen molar-refractivity contribution in [1.82, 2.24) is 4.90 Å². The van der Waals surface area contributed by atoms with Gasteiger partial charge in [-0.05, 0) is 19.9 Å². The van der Waals surface area contributed by atoms with Crippen LogP contribution in [0.15, 0.2) is 18.2 Å². The van der Waals surface area contributed by atoms with E-state index in [9.17, 15) is 4.39 Å². The Labute approximate surface area is 113 Å². The van der Waals surface area contributed by atoms with Gasteiger partial charge in [0.25, 0.3) is 0 Å². The molecule has 0 fully saturated rings. The Kier molecular flexibility index (Phi) is 5.92. The highest BCUT2D eigenvalue weighted by Gasteiger charge is 2.15. The molecule has 0 aromatic heterocycles. The average molecular weight is 267 g/mol. The molecular weight excluding hydrogens is 245 g/mol. The third kappa shape index (κ3) is 4.29. The van der Waals surface area contributed by atoms with Crippen molar-refractivity contribution in [3.05, 3.63) is 35.1 Å². The van der Waals surface area contributed by atoms with Crippen LogP contribution in [-0.4, -0.2) is 37.0 Å². The van der Waals surface area contributed by atoms with Crippen LogP contribution in [0.1, 0.15) is 25.0 Å². The minimum absolute atomic E-state index is 0.160. The fraction of sp³-hybridized carbons (Fsp3) is 0.500. The maximum Gasteiger partial charge on any atom is 0.138 e. The molecule has 1 rings (SSSR count). The molecule has 0 aliphatic heterocycles. The van der Waals surface area contributed by atoms with Gasteiger partial charge in [-0.1, -0.05) is 12.1 Å². The molecule has 4 nitrogen and oxygen atoms in total. The van der Waals surface area contributed by atoms with Crippen LogP contribution in [0, 0.1) is 11.2 Å². The number of benzene rings is 1. The highest BCUT2D eigenvalue weighted by Crippen LogP contribution is 2.16. The summed E-state index contributed by atoms with van der Waals surface area (Å²) >= 11 is 0. The maximum absolute atomic E-state index is 14.2. The number of hydrogen-bond donors (Lipinski definition) is 2. The zero-order valence-corrected chi connectivity index (χ0v) is 11.7. The second kappa shape index (κ2) is 7.21. The van der Waals surface area contributed by atoms with Gasteiger partial charge in [-0.15, -0.1) is 0 Å². The summed E-state index contributed by atoms with van der Waals surface area (Å²) in [5, 5.41) is 7.35. The van der Waals surface area contributed by atoms with E-state index in [-0.39, 0.29) is 17.4 Å². The third-order valence-electron chi connectivity index (χ3n) is 3.06. The standard InChI is InChI=1S/C14H22FN3O/c1-10(2)18(7-8-19-3)9-11-5-4-6-12(13(11)15)14(16)17/h4-6,10H,7-9H2,1-3H3,(H3,16,17). The first-order chi connectivity index (χ1) is 8.97. The van der Waals surface area contributed by atoms with E-state index in [0.29, 0.717) is 18.7 Å². The summed E-state index contributed by atoms with van der Waals surface area (Å²) in [5.74, 6) is -0.648. The average Bonchev–Trinajstić information content (AvgIpc) is 2.35. The quantitative estimate of drug-likeness (QED) is 0.586. The minimum atomic E-state index is -0.405. The minimum Gasteiger partial charge on any atom is -0.384 e. The molecule has 0 saturated carbocycles. The summed E-state index contributed by atoms with van der Waals surface area (Å²) in [6.07, 6.45) is 0. The van der Waals surface area contributed by atoms with Gasteiger partial charge >= 0.3 is 0 Å². The van der Waals surface area contributed by atoms with Crippen molar-refractivity contribution in [2.75, 3.05) is 20.3 Å². The summed E-state index contributed by atoms with van der Waals surface area (Å²) in [7, 11) is 1.65. The topological polar surface area (TPSA) is 62.3 Å². The monoisotopic (exact) mass is 267 g/mol. The van der Waals surface area contributed by atoms with Gasteiger partial charge < -0.3 is 10.5 Å². The predicted octanol–water partition coefficient (Wildman–Crippen LogP) is 1.97. The van der Waals surface area contributed by atoms with Crippen LogP contribution in [-0.2, 0) is 11.3 Å². The smallest absolute Gasteiger partial charge is 0.138 e. The Hall–Kier alpha value is -1.46. The van der Waals surface area contributed by atoms with Gasteiger partial charge in [-0.3, -0.25) is 10.3 Å². The van der Waals surface area contributed by atoms with Crippen LogP contribution >= 0.6 is 0 Å². The van der Waals surface area contributed by atoms with Gasteiger partial charge in [-0.25, -0.2) is 4.39 Å². The molecular formula is C14H22FN3O. The first kappa shape index (κ1) is 15.6. The van der Waals surface area contributed by atoms with E-state index in [0.717, 1.165) is 6.54 Å². The SMILES string of the molecule is COCCN(Cc1cccc(C(=N)N)c1F)C(C)C. The Morgan fingerprint density at radius 3 is 2.68 bits per heavy atom. The molecule has 1 aromatic carbocycles. The first-order valence-electron chi connectivity index (χ1n) is 6.32. The molecule has 0 amide bonds. The van der Waals surface area contributed by atoms with Gasteiger partial charge in [0.2, 0.25) is 0 Å². The van der Waals surface area contributed by atoms with E-state index in [1.165, 1.54) is 6.07 Å². The van der Waals surface area contributed by atoms with Crippen molar-refractivity contribution >= 4 is 5.84 Å². The van der Waals surface area contributed by atoms with Crippen molar-refractivity contribution in [1.29, 1.82) is 5.41 Å². The summed E-state index contributed by atoms with van der Waals surface area (Å²) < 4.78 is 19.3. The lowest BCUT2D eigenvalue weighted by atomic mass is 10.1. The van der Waals surface area contributed by atoms with E-state index < -0.39 is 5.82 Å². The molecule has 0 heterocycles. The van der Waals surface area contributed by atoms with Crippen LogP contribution in [0.3, 0.4) is 0 Å². The fourth-order valence-electron chi connectivity index (χ4n) is 1.86. The van der Waals surface area contributed by atoms with Gasteiger partial charge in [0.15, 0.2) is 0 Å². The summed E-state index contributed by atoms with van der Waals surface area (Å²) in [4.78, 5) is 2.12. The van der Waals surface area contributed by atoms with E-state index in [2.05, 4.69) is 18.7 Å². The van der Waals surface area contributed by atoms with Gasteiger partial charge in [0, 0.05) is 31.8 Å². The summed E-state index contributed by atoms with van der Waals surface area (Å²) in [6.45, 7) is 5.93.